The highest BCUT2D eigenvalue weighted by Gasteiger charge is 2.27. The predicted molar refractivity (Wildman–Crippen MR) is 109 cm³/mol. The van der Waals surface area contributed by atoms with Crippen LogP contribution in [0.1, 0.15) is 22.0 Å². The molecule has 2 N–H and O–H groups in total. The van der Waals surface area contributed by atoms with Crippen molar-refractivity contribution >= 4 is 16.1 Å². The zero-order valence-electron chi connectivity index (χ0n) is 15.5. The lowest BCUT2D eigenvalue weighted by Crippen LogP contribution is -2.36. The number of esters is 1. The quantitative estimate of drug-likeness (QED) is 0.451. The van der Waals surface area contributed by atoms with Gasteiger partial charge in [0.05, 0.1) is 23.1 Å². The molecular weight excluding hydrogens is 390 g/mol. The van der Waals surface area contributed by atoms with Crippen LogP contribution < -0.4 is 5.73 Å². The molecule has 0 amide bonds. The van der Waals surface area contributed by atoms with Gasteiger partial charge in [-0.25, -0.2) is 4.79 Å². The Balaban J connectivity index is 1.76. The molecule has 0 bridgehead atoms. The van der Waals surface area contributed by atoms with E-state index in [1.54, 1.807) is 72.8 Å². The lowest BCUT2D eigenvalue weighted by Gasteiger charge is -2.24. The maximum atomic E-state index is 12.5. The van der Waals surface area contributed by atoms with E-state index in [1.807, 2.05) is 6.07 Å². The van der Waals surface area contributed by atoms with Gasteiger partial charge in [0.2, 0.25) is 0 Å². The van der Waals surface area contributed by atoms with Gasteiger partial charge in [0.15, 0.2) is 0 Å². The smallest absolute Gasteiger partial charge is 0.338 e. The Bertz CT molecular complexity index is 1020. The second-order valence-corrected chi connectivity index (χ2v) is 7.93. The molecule has 150 valence electrons. The van der Waals surface area contributed by atoms with Crippen molar-refractivity contribution in [3.05, 3.63) is 102 Å². The molecule has 3 rings (SSSR count). The summed E-state index contributed by atoms with van der Waals surface area (Å²) in [4.78, 5) is 12.6. The largest absolute Gasteiger partial charge is 0.452 e. The second kappa shape index (κ2) is 9.47. The maximum Gasteiger partial charge on any atom is 0.338 e. The third-order valence-corrected chi connectivity index (χ3v) is 5.50. The number of hydrogen-bond donors (Lipinski definition) is 1. The fraction of sp³-hybridized carbons (Fsp3) is 0.136. The standard InChI is InChI=1S/C22H21NO5S/c23-20(16-27-29(25,26)19-14-8-3-9-15-19)21(17-10-4-1-5-11-17)28-22(24)18-12-6-2-7-13-18/h1-15,20-21H,16,23H2. The molecular formula is C22H21NO5S. The van der Waals surface area contributed by atoms with Gasteiger partial charge in [-0.3, -0.25) is 4.18 Å². The highest BCUT2D eigenvalue weighted by atomic mass is 32.2. The first-order chi connectivity index (χ1) is 14.0. The Morgan fingerprint density at radius 1 is 0.828 bits per heavy atom. The zero-order valence-corrected chi connectivity index (χ0v) is 16.4. The van der Waals surface area contributed by atoms with Crippen LogP contribution in [-0.2, 0) is 19.0 Å². The Morgan fingerprint density at radius 2 is 1.34 bits per heavy atom. The van der Waals surface area contributed by atoms with E-state index >= 15 is 0 Å². The van der Waals surface area contributed by atoms with Crippen molar-refractivity contribution in [2.24, 2.45) is 5.73 Å². The summed E-state index contributed by atoms with van der Waals surface area (Å²) in [5.74, 6) is -0.555. The van der Waals surface area contributed by atoms with Crippen molar-refractivity contribution in [3.63, 3.8) is 0 Å². The van der Waals surface area contributed by atoms with Gasteiger partial charge in [-0.1, -0.05) is 66.7 Å². The van der Waals surface area contributed by atoms with E-state index in [2.05, 4.69) is 0 Å². The Hall–Kier alpha value is -3.00. The summed E-state index contributed by atoms with van der Waals surface area (Å²) < 4.78 is 35.4. The third-order valence-electron chi connectivity index (χ3n) is 4.21. The molecule has 0 aliphatic heterocycles. The third kappa shape index (κ3) is 5.51. The molecule has 0 aliphatic carbocycles. The molecule has 0 saturated carbocycles. The number of nitrogens with two attached hydrogens (primary N) is 1. The highest BCUT2D eigenvalue weighted by Crippen LogP contribution is 2.23. The molecule has 2 atom stereocenters. The van der Waals surface area contributed by atoms with Gasteiger partial charge in [0, 0.05) is 0 Å². The summed E-state index contributed by atoms with van der Waals surface area (Å²) in [6, 6.07) is 24.3. The van der Waals surface area contributed by atoms with E-state index in [0.29, 0.717) is 11.1 Å². The fourth-order valence-electron chi connectivity index (χ4n) is 2.71. The van der Waals surface area contributed by atoms with Crippen molar-refractivity contribution in [2.75, 3.05) is 6.61 Å². The van der Waals surface area contributed by atoms with E-state index in [-0.39, 0.29) is 11.5 Å². The Morgan fingerprint density at radius 3 is 1.93 bits per heavy atom. The molecule has 2 unspecified atom stereocenters. The predicted octanol–water partition coefficient (Wildman–Crippen LogP) is 3.32. The molecule has 0 aliphatic rings. The van der Waals surface area contributed by atoms with Crippen LogP contribution in [0, 0.1) is 0 Å². The number of ether oxygens (including phenoxy) is 1. The Labute approximate surface area is 170 Å². The molecule has 29 heavy (non-hydrogen) atoms. The number of carbonyl (C=O) groups excluding carboxylic acids is 1. The van der Waals surface area contributed by atoms with Gasteiger partial charge in [-0.15, -0.1) is 0 Å². The molecule has 6 nitrogen and oxygen atoms in total. The van der Waals surface area contributed by atoms with Gasteiger partial charge in [0.25, 0.3) is 10.1 Å². The SMILES string of the molecule is NC(COS(=O)(=O)c1ccccc1)C(OC(=O)c1ccccc1)c1ccccc1. The number of hydrogen-bond acceptors (Lipinski definition) is 6. The normalized spacial score (nSPS) is 13.4. The summed E-state index contributed by atoms with van der Waals surface area (Å²) in [6.45, 7) is -0.348. The molecule has 0 saturated heterocycles. The van der Waals surface area contributed by atoms with Gasteiger partial charge in [-0.2, -0.15) is 8.42 Å². The fourth-order valence-corrected chi connectivity index (χ4v) is 3.68. The molecule has 0 spiro atoms. The summed E-state index contributed by atoms with van der Waals surface area (Å²) in [7, 11) is -3.97. The van der Waals surface area contributed by atoms with Crippen LogP contribution in [0.25, 0.3) is 0 Å². The lowest BCUT2D eigenvalue weighted by molar-refractivity contribution is 0.0190. The van der Waals surface area contributed by atoms with E-state index in [4.69, 9.17) is 14.7 Å². The van der Waals surface area contributed by atoms with Crippen LogP contribution in [-0.4, -0.2) is 27.0 Å². The van der Waals surface area contributed by atoms with Crippen molar-refractivity contribution in [3.8, 4) is 0 Å². The molecule has 0 aromatic heterocycles. The minimum atomic E-state index is -3.97. The van der Waals surface area contributed by atoms with Crippen molar-refractivity contribution in [1.29, 1.82) is 0 Å². The molecule has 3 aromatic rings. The number of rotatable bonds is 8. The average molecular weight is 411 g/mol. The van der Waals surface area contributed by atoms with E-state index < -0.39 is 28.2 Å². The van der Waals surface area contributed by atoms with Crippen LogP contribution in [0.2, 0.25) is 0 Å². The zero-order chi connectivity index (χ0) is 20.7. The monoisotopic (exact) mass is 411 g/mol. The summed E-state index contributed by atoms with van der Waals surface area (Å²) >= 11 is 0. The minimum absolute atomic E-state index is 0.0322. The lowest BCUT2D eigenvalue weighted by atomic mass is 10.0. The molecule has 7 heteroatoms. The minimum Gasteiger partial charge on any atom is -0.452 e. The molecule has 3 aromatic carbocycles. The van der Waals surface area contributed by atoms with Gasteiger partial charge >= 0.3 is 5.97 Å². The first-order valence-electron chi connectivity index (χ1n) is 8.98. The molecule has 0 heterocycles. The first kappa shape index (κ1) is 20.7. The second-order valence-electron chi connectivity index (χ2n) is 6.32. The first-order valence-corrected chi connectivity index (χ1v) is 10.4. The van der Waals surface area contributed by atoms with Gasteiger partial charge in [0.1, 0.15) is 6.10 Å². The van der Waals surface area contributed by atoms with Gasteiger partial charge < -0.3 is 10.5 Å². The number of benzene rings is 3. The van der Waals surface area contributed by atoms with Crippen molar-refractivity contribution < 1.29 is 22.1 Å². The van der Waals surface area contributed by atoms with E-state index in [1.165, 1.54) is 12.1 Å². The van der Waals surface area contributed by atoms with Crippen molar-refractivity contribution in [2.45, 2.75) is 17.0 Å². The topological polar surface area (TPSA) is 95.7 Å². The van der Waals surface area contributed by atoms with Crippen LogP contribution in [0.3, 0.4) is 0 Å². The summed E-state index contributed by atoms with van der Waals surface area (Å²) in [6.07, 6.45) is -0.880. The number of carbonyl (C=O) groups is 1. The summed E-state index contributed by atoms with van der Waals surface area (Å²) in [5.41, 5.74) is 7.21. The molecule has 0 radical (unpaired) electrons. The van der Waals surface area contributed by atoms with E-state index in [9.17, 15) is 13.2 Å². The summed E-state index contributed by atoms with van der Waals surface area (Å²) in [5, 5.41) is 0. The average Bonchev–Trinajstić information content (AvgIpc) is 2.77. The Kier molecular flexibility index (Phi) is 6.77. The molecule has 0 fully saturated rings. The highest BCUT2D eigenvalue weighted by molar-refractivity contribution is 7.86. The van der Waals surface area contributed by atoms with Crippen molar-refractivity contribution in [1.82, 2.24) is 0 Å². The van der Waals surface area contributed by atoms with Crippen LogP contribution in [0.5, 0.6) is 0 Å². The van der Waals surface area contributed by atoms with Crippen LogP contribution in [0.4, 0.5) is 0 Å². The van der Waals surface area contributed by atoms with E-state index in [0.717, 1.165) is 0 Å². The van der Waals surface area contributed by atoms with Gasteiger partial charge in [-0.05, 0) is 29.8 Å². The van der Waals surface area contributed by atoms with Crippen LogP contribution >= 0.6 is 0 Å². The maximum absolute atomic E-state index is 12.5. The van der Waals surface area contributed by atoms with Crippen LogP contribution in [0.15, 0.2) is 95.9 Å².